The Morgan fingerprint density at radius 2 is 2.04 bits per heavy atom. The van der Waals surface area contributed by atoms with Gasteiger partial charge in [0.1, 0.15) is 0 Å². The van der Waals surface area contributed by atoms with Crippen molar-refractivity contribution in [2.45, 2.75) is 13.8 Å². The van der Waals surface area contributed by atoms with Crippen molar-refractivity contribution in [3.63, 3.8) is 0 Å². The van der Waals surface area contributed by atoms with Crippen LogP contribution >= 0.6 is 12.2 Å². The number of nitro groups is 1. The monoisotopic (exact) mass is 359 g/mol. The molecule has 2 rings (SSSR count). The van der Waals surface area contributed by atoms with Gasteiger partial charge in [0.25, 0.3) is 5.91 Å². The van der Waals surface area contributed by atoms with E-state index in [-0.39, 0.29) is 28.7 Å². The Balaban J connectivity index is 2.10. The normalized spacial score (nSPS) is 10.0. The molecule has 0 aliphatic heterocycles. The number of nitrogens with one attached hydrogen (secondary N) is 2. The van der Waals surface area contributed by atoms with Crippen molar-refractivity contribution >= 4 is 34.6 Å². The first-order valence-electron chi connectivity index (χ1n) is 7.51. The first kappa shape index (κ1) is 18.3. The Bertz CT molecular complexity index is 823. The van der Waals surface area contributed by atoms with Gasteiger partial charge in [0.05, 0.1) is 11.5 Å². The maximum absolute atomic E-state index is 12.3. The summed E-state index contributed by atoms with van der Waals surface area (Å²) in [5.41, 5.74) is 1.62. The molecule has 7 nitrogen and oxygen atoms in total. The molecule has 0 spiro atoms. The predicted octanol–water partition coefficient (Wildman–Crippen LogP) is 3.43. The highest BCUT2D eigenvalue weighted by molar-refractivity contribution is 7.80. The van der Waals surface area contributed by atoms with Gasteiger partial charge in [0, 0.05) is 17.3 Å². The van der Waals surface area contributed by atoms with E-state index in [1.807, 2.05) is 31.2 Å². The number of rotatable bonds is 5. The van der Waals surface area contributed by atoms with Crippen LogP contribution in [0, 0.1) is 17.0 Å². The molecule has 0 aliphatic rings. The highest BCUT2D eigenvalue weighted by Gasteiger charge is 2.19. The van der Waals surface area contributed by atoms with E-state index in [0.717, 1.165) is 17.3 Å². The van der Waals surface area contributed by atoms with Gasteiger partial charge < -0.3 is 10.1 Å². The van der Waals surface area contributed by atoms with Crippen LogP contribution in [0.5, 0.6) is 5.75 Å². The van der Waals surface area contributed by atoms with Crippen LogP contribution < -0.4 is 15.4 Å². The summed E-state index contributed by atoms with van der Waals surface area (Å²) >= 11 is 5.11. The Hall–Kier alpha value is -3.00. The summed E-state index contributed by atoms with van der Waals surface area (Å²) < 4.78 is 5.19. The third-order valence-electron chi connectivity index (χ3n) is 3.22. The second-order valence-electron chi connectivity index (χ2n) is 5.15. The van der Waals surface area contributed by atoms with Crippen LogP contribution in [-0.2, 0) is 0 Å². The third kappa shape index (κ3) is 4.98. The number of ether oxygens (including phenoxy) is 1. The van der Waals surface area contributed by atoms with Crippen LogP contribution in [0.4, 0.5) is 11.4 Å². The van der Waals surface area contributed by atoms with Gasteiger partial charge in [-0.05, 0) is 55.9 Å². The van der Waals surface area contributed by atoms with Crippen molar-refractivity contribution < 1.29 is 14.5 Å². The van der Waals surface area contributed by atoms with Gasteiger partial charge in [-0.15, -0.1) is 0 Å². The average molecular weight is 359 g/mol. The first-order valence-corrected chi connectivity index (χ1v) is 7.91. The lowest BCUT2D eigenvalue weighted by atomic mass is 10.1. The molecule has 2 N–H and O–H groups in total. The second kappa shape index (κ2) is 8.20. The Kier molecular flexibility index (Phi) is 6.02. The summed E-state index contributed by atoms with van der Waals surface area (Å²) in [6.07, 6.45) is 0. The van der Waals surface area contributed by atoms with E-state index in [9.17, 15) is 14.9 Å². The van der Waals surface area contributed by atoms with Crippen LogP contribution in [0.15, 0.2) is 42.5 Å². The zero-order valence-electron chi connectivity index (χ0n) is 13.7. The van der Waals surface area contributed by atoms with Gasteiger partial charge in [0.2, 0.25) is 0 Å². The van der Waals surface area contributed by atoms with E-state index < -0.39 is 10.8 Å². The number of thiocarbonyl (C=S) groups is 1. The highest BCUT2D eigenvalue weighted by Crippen LogP contribution is 2.27. The third-order valence-corrected chi connectivity index (χ3v) is 3.42. The molecule has 0 aliphatic carbocycles. The molecule has 0 unspecified atom stereocenters. The maximum atomic E-state index is 12.3. The predicted molar refractivity (Wildman–Crippen MR) is 99.1 cm³/mol. The summed E-state index contributed by atoms with van der Waals surface area (Å²) in [5.74, 6) is -0.430. The molecular weight excluding hydrogens is 342 g/mol. The number of nitrogens with zero attached hydrogens (tertiary/aromatic N) is 1. The number of hydrogen-bond donors (Lipinski definition) is 2. The number of anilines is 1. The Morgan fingerprint density at radius 3 is 2.68 bits per heavy atom. The molecule has 0 saturated heterocycles. The molecule has 2 aromatic carbocycles. The minimum absolute atomic E-state index is 0.104. The SMILES string of the molecule is CCOc1ccc(C(=O)NC(=S)Nc2cccc(C)c2)cc1[N+](=O)[O-]. The fourth-order valence-corrected chi connectivity index (χ4v) is 2.35. The van der Waals surface area contributed by atoms with Crippen LogP contribution in [0.1, 0.15) is 22.8 Å². The molecule has 0 atom stereocenters. The number of amides is 1. The zero-order valence-corrected chi connectivity index (χ0v) is 14.6. The number of aryl methyl sites for hydroxylation is 1. The minimum Gasteiger partial charge on any atom is -0.487 e. The minimum atomic E-state index is -0.592. The molecule has 2 aromatic rings. The number of hydrogen-bond acceptors (Lipinski definition) is 5. The van der Waals surface area contributed by atoms with E-state index in [4.69, 9.17) is 17.0 Å². The van der Waals surface area contributed by atoms with Crippen molar-refractivity contribution in [2.75, 3.05) is 11.9 Å². The van der Waals surface area contributed by atoms with E-state index in [0.29, 0.717) is 0 Å². The quantitative estimate of drug-likeness (QED) is 0.483. The van der Waals surface area contributed by atoms with Gasteiger partial charge >= 0.3 is 5.69 Å². The first-order chi connectivity index (χ1) is 11.9. The van der Waals surface area contributed by atoms with Crippen LogP contribution in [-0.4, -0.2) is 22.5 Å². The van der Waals surface area contributed by atoms with E-state index >= 15 is 0 Å². The highest BCUT2D eigenvalue weighted by atomic mass is 32.1. The van der Waals surface area contributed by atoms with E-state index in [2.05, 4.69) is 10.6 Å². The average Bonchev–Trinajstić information content (AvgIpc) is 2.55. The van der Waals surface area contributed by atoms with E-state index in [1.165, 1.54) is 12.1 Å². The van der Waals surface area contributed by atoms with Crippen LogP contribution in [0.2, 0.25) is 0 Å². The molecule has 8 heteroatoms. The molecule has 130 valence electrons. The topological polar surface area (TPSA) is 93.5 Å². The summed E-state index contributed by atoms with van der Waals surface area (Å²) in [7, 11) is 0. The van der Waals surface area contributed by atoms with Crippen LogP contribution in [0.25, 0.3) is 0 Å². The molecule has 0 radical (unpaired) electrons. The summed E-state index contributed by atoms with van der Waals surface area (Å²) in [6.45, 7) is 3.95. The van der Waals surface area contributed by atoms with Gasteiger partial charge in [-0.3, -0.25) is 20.2 Å². The number of benzene rings is 2. The van der Waals surface area contributed by atoms with Crippen LogP contribution in [0.3, 0.4) is 0 Å². The molecule has 0 aromatic heterocycles. The molecule has 0 fully saturated rings. The molecule has 0 saturated carbocycles. The molecule has 0 heterocycles. The largest absolute Gasteiger partial charge is 0.487 e. The second-order valence-corrected chi connectivity index (χ2v) is 5.56. The molecular formula is C17H17N3O4S. The Morgan fingerprint density at radius 1 is 1.28 bits per heavy atom. The fraction of sp³-hybridized carbons (Fsp3) is 0.176. The number of nitro benzene ring substituents is 1. The van der Waals surface area contributed by atoms with Crippen molar-refractivity contribution in [2.24, 2.45) is 0 Å². The fourth-order valence-electron chi connectivity index (χ4n) is 2.14. The zero-order chi connectivity index (χ0) is 18.4. The smallest absolute Gasteiger partial charge is 0.311 e. The van der Waals surface area contributed by atoms with Crippen molar-refractivity contribution in [1.82, 2.24) is 5.32 Å². The van der Waals surface area contributed by atoms with Crippen molar-refractivity contribution in [3.8, 4) is 5.75 Å². The standard InChI is InChI=1S/C17H17N3O4S/c1-3-24-15-8-7-12(10-14(15)20(22)23)16(21)19-17(25)18-13-6-4-5-11(2)9-13/h4-10H,3H2,1-2H3,(H2,18,19,21,25). The molecule has 0 bridgehead atoms. The lowest BCUT2D eigenvalue weighted by Crippen LogP contribution is -2.34. The maximum Gasteiger partial charge on any atom is 0.311 e. The summed E-state index contributed by atoms with van der Waals surface area (Å²) in [5, 5.41) is 16.6. The summed E-state index contributed by atoms with van der Waals surface area (Å²) in [6, 6.07) is 11.5. The van der Waals surface area contributed by atoms with Gasteiger partial charge in [-0.1, -0.05) is 12.1 Å². The number of carbonyl (C=O) groups is 1. The Labute approximate surface area is 150 Å². The van der Waals surface area contributed by atoms with E-state index in [1.54, 1.807) is 6.92 Å². The number of carbonyl (C=O) groups excluding carboxylic acids is 1. The molecule has 25 heavy (non-hydrogen) atoms. The lowest BCUT2D eigenvalue weighted by Gasteiger charge is -2.10. The lowest BCUT2D eigenvalue weighted by molar-refractivity contribution is -0.385. The molecule has 1 amide bonds. The van der Waals surface area contributed by atoms with Gasteiger partial charge in [-0.2, -0.15) is 0 Å². The van der Waals surface area contributed by atoms with Crippen molar-refractivity contribution in [1.29, 1.82) is 0 Å². The van der Waals surface area contributed by atoms with Gasteiger partial charge in [0.15, 0.2) is 10.9 Å². The van der Waals surface area contributed by atoms with Crippen molar-refractivity contribution in [3.05, 3.63) is 63.7 Å². The van der Waals surface area contributed by atoms with Gasteiger partial charge in [-0.25, -0.2) is 0 Å². The summed E-state index contributed by atoms with van der Waals surface area (Å²) in [4.78, 5) is 22.8.